The number of rotatable bonds is 2. The van der Waals surface area contributed by atoms with E-state index < -0.39 is 0 Å². The lowest BCUT2D eigenvalue weighted by molar-refractivity contribution is -0.121. The molecule has 0 bridgehead atoms. The fraction of sp³-hybridized carbons (Fsp3) is 0.875. The summed E-state index contributed by atoms with van der Waals surface area (Å²) in [6, 6.07) is 0.120. The number of Topliss-reactive ketones (excluding diaryl/α,β-unsaturated/α-hetero) is 1. The van der Waals surface area contributed by atoms with Gasteiger partial charge in [0, 0.05) is 18.4 Å². The molecule has 1 aliphatic carbocycles. The van der Waals surface area contributed by atoms with Crippen LogP contribution >= 0.6 is 0 Å². The molecule has 2 N–H and O–H groups in total. The Bertz CT molecular complexity index is 133. The minimum Gasteiger partial charge on any atom is -0.327 e. The Labute approximate surface area is 61.8 Å². The Kier molecular flexibility index (Phi) is 2.44. The molecule has 2 unspecified atom stereocenters. The third kappa shape index (κ3) is 1.37. The third-order valence-corrected chi connectivity index (χ3v) is 2.34. The Morgan fingerprint density at radius 2 is 2.50 bits per heavy atom. The summed E-state index contributed by atoms with van der Waals surface area (Å²) in [5, 5.41) is 0. The highest BCUT2D eigenvalue weighted by Gasteiger charge is 2.28. The summed E-state index contributed by atoms with van der Waals surface area (Å²) in [5.41, 5.74) is 5.75. The largest absolute Gasteiger partial charge is 0.327 e. The predicted octanol–water partition coefficient (Wildman–Crippen LogP) is 1.09. The van der Waals surface area contributed by atoms with Crippen LogP contribution in [0.5, 0.6) is 0 Å². The van der Waals surface area contributed by atoms with Crippen molar-refractivity contribution in [2.75, 3.05) is 0 Å². The molecule has 1 fully saturated rings. The first-order valence-corrected chi connectivity index (χ1v) is 4.04. The van der Waals surface area contributed by atoms with Crippen molar-refractivity contribution in [1.29, 1.82) is 0 Å². The molecule has 1 saturated carbocycles. The van der Waals surface area contributed by atoms with Crippen LogP contribution in [0.15, 0.2) is 0 Å². The third-order valence-electron chi connectivity index (χ3n) is 2.34. The molecule has 1 rings (SSSR count). The predicted molar refractivity (Wildman–Crippen MR) is 40.6 cm³/mol. The molecular formula is C8H15NO. The topological polar surface area (TPSA) is 43.1 Å². The van der Waals surface area contributed by atoms with E-state index >= 15 is 0 Å². The summed E-state index contributed by atoms with van der Waals surface area (Å²) >= 11 is 0. The van der Waals surface area contributed by atoms with Gasteiger partial charge in [0.1, 0.15) is 5.78 Å². The van der Waals surface area contributed by atoms with Crippen LogP contribution in [0.2, 0.25) is 0 Å². The average molecular weight is 141 g/mol. The lowest BCUT2D eigenvalue weighted by Crippen LogP contribution is -2.31. The van der Waals surface area contributed by atoms with Gasteiger partial charge in [-0.15, -0.1) is 0 Å². The Balaban J connectivity index is 2.46. The van der Waals surface area contributed by atoms with E-state index in [1.807, 2.05) is 6.92 Å². The number of carbonyl (C=O) groups is 1. The molecule has 0 heterocycles. The van der Waals surface area contributed by atoms with E-state index in [-0.39, 0.29) is 12.0 Å². The zero-order chi connectivity index (χ0) is 7.56. The van der Waals surface area contributed by atoms with Crippen LogP contribution < -0.4 is 5.73 Å². The maximum absolute atomic E-state index is 11.1. The zero-order valence-corrected chi connectivity index (χ0v) is 6.47. The first kappa shape index (κ1) is 7.73. The second-order valence-corrected chi connectivity index (χ2v) is 3.04. The Hall–Kier alpha value is -0.370. The van der Waals surface area contributed by atoms with Gasteiger partial charge in [-0.3, -0.25) is 4.79 Å². The van der Waals surface area contributed by atoms with Crippen LogP contribution in [0, 0.1) is 5.92 Å². The second kappa shape index (κ2) is 3.15. The molecule has 1 aliphatic rings. The van der Waals surface area contributed by atoms with Gasteiger partial charge in [-0.25, -0.2) is 0 Å². The van der Waals surface area contributed by atoms with Gasteiger partial charge in [-0.1, -0.05) is 6.92 Å². The number of ketones is 1. The number of nitrogens with two attached hydrogens (primary N) is 1. The molecule has 2 nitrogen and oxygen atoms in total. The molecule has 0 aromatic carbocycles. The maximum Gasteiger partial charge on any atom is 0.137 e. The number of hydrogen-bond donors (Lipinski definition) is 1. The minimum absolute atomic E-state index is 0.120. The summed E-state index contributed by atoms with van der Waals surface area (Å²) in [6.07, 6.45) is 3.76. The minimum atomic E-state index is 0.120. The van der Waals surface area contributed by atoms with Gasteiger partial charge in [0.2, 0.25) is 0 Å². The van der Waals surface area contributed by atoms with Gasteiger partial charge in [-0.2, -0.15) is 0 Å². The smallest absolute Gasteiger partial charge is 0.137 e. The molecule has 0 radical (unpaired) electrons. The SMILES string of the molecule is CCC(N)C1CCCC1=O. The molecule has 2 heteroatoms. The molecule has 10 heavy (non-hydrogen) atoms. The highest BCUT2D eigenvalue weighted by atomic mass is 16.1. The van der Waals surface area contributed by atoms with Crippen molar-refractivity contribution in [2.45, 2.75) is 38.6 Å². The summed E-state index contributed by atoms with van der Waals surface area (Å²) < 4.78 is 0. The summed E-state index contributed by atoms with van der Waals surface area (Å²) in [6.45, 7) is 2.04. The lowest BCUT2D eigenvalue weighted by Gasteiger charge is -2.14. The van der Waals surface area contributed by atoms with Gasteiger partial charge in [0.15, 0.2) is 0 Å². The Morgan fingerprint density at radius 1 is 1.80 bits per heavy atom. The van der Waals surface area contributed by atoms with E-state index in [4.69, 9.17) is 5.73 Å². The fourth-order valence-corrected chi connectivity index (χ4v) is 1.58. The van der Waals surface area contributed by atoms with Crippen molar-refractivity contribution in [1.82, 2.24) is 0 Å². The molecule has 2 atom stereocenters. The van der Waals surface area contributed by atoms with Crippen LogP contribution in [-0.2, 0) is 4.79 Å². The van der Waals surface area contributed by atoms with Crippen LogP contribution in [0.3, 0.4) is 0 Å². The van der Waals surface area contributed by atoms with Crippen LogP contribution in [-0.4, -0.2) is 11.8 Å². The van der Waals surface area contributed by atoms with E-state index in [0.29, 0.717) is 5.78 Å². The summed E-state index contributed by atoms with van der Waals surface area (Å²) in [4.78, 5) is 11.1. The number of hydrogen-bond acceptors (Lipinski definition) is 2. The molecule has 0 aromatic heterocycles. The van der Waals surface area contributed by atoms with Crippen molar-refractivity contribution in [2.24, 2.45) is 11.7 Å². The molecule has 0 aliphatic heterocycles. The Morgan fingerprint density at radius 3 is 2.90 bits per heavy atom. The molecular weight excluding hydrogens is 126 g/mol. The van der Waals surface area contributed by atoms with Crippen LogP contribution in [0.1, 0.15) is 32.6 Å². The molecule has 58 valence electrons. The molecule has 0 spiro atoms. The van der Waals surface area contributed by atoms with Gasteiger partial charge >= 0.3 is 0 Å². The summed E-state index contributed by atoms with van der Waals surface area (Å²) in [5.74, 6) is 0.569. The first-order chi connectivity index (χ1) is 4.75. The second-order valence-electron chi connectivity index (χ2n) is 3.04. The maximum atomic E-state index is 11.1. The van der Waals surface area contributed by atoms with E-state index in [2.05, 4.69) is 0 Å². The van der Waals surface area contributed by atoms with Gasteiger partial charge in [0.05, 0.1) is 0 Å². The van der Waals surface area contributed by atoms with Crippen molar-refractivity contribution < 1.29 is 4.79 Å². The van der Waals surface area contributed by atoms with E-state index in [9.17, 15) is 4.79 Å². The first-order valence-electron chi connectivity index (χ1n) is 4.04. The molecule has 0 saturated heterocycles. The van der Waals surface area contributed by atoms with Crippen molar-refractivity contribution in [3.05, 3.63) is 0 Å². The molecule has 0 amide bonds. The van der Waals surface area contributed by atoms with E-state index in [1.54, 1.807) is 0 Å². The van der Waals surface area contributed by atoms with E-state index in [0.717, 1.165) is 25.7 Å². The van der Waals surface area contributed by atoms with Gasteiger partial charge in [-0.05, 0) is 19.3 Å². The van der Waals surface area contributed by atoms with Crippen molar-refractivity contribution in [3.63, 3.8) is 0 Å². The highest BCUT2D eigenvalue weighted by Crippen LogP contribution is 2.24. The van der Waals surface area contributed by atoms with Crippen molar-refractivity contribution in [3.8, 4) is 0 Å². The zero-order valence-electron chi connectivity index (χ0n) is 6.47. The quantitative estimate of drug-likeness (QED) is 0.625. The van der Waals surface area contributed by atoms with E-state index in [1.165, 1.54) is 0 Å². The normalized spacial score (nSPS) is 29.0. The van der Waals surface area contributed by atoms with Crippen LogP contribution in [0.4, 0.5) is 0 Å². The average Bonchev–Trinajstić information content (AvgIpc) is 2.34. The van der Waals surface area contributed by atoms with Gasteiger partial charge < -0.3 is 5.73 Å². The van der Waals surface area contributed by atoms with Crippen molar-refractivity contribution >= 4 is 5.78 Å². The fourth-order valence-electron chi connectivity index (χ4n) is 1.58. The van der Waals surface area contributed by atoms with Crippen LogP contribution in [0.25, 0.3) is 0 Å². The standard InChI is InChI=1S/C8H15NO/c1-2-7(9)6-4-3-5-8(6)10/h6-7H,2-5,9H2,1H3. The highest BCUT2D eigenvalue weighted by molar-refractivity contribution is 5.83. The summed E-state index contributed by atoms with van der Waals surface area (Å²) in [7, 11) is 0. The van der Waals surface area contributed by atoms with Gasteiger partial charge in [0.25, 0.3) is 0 Å². The lowest BCUT2D eigenvalue weighted by atomic mass is 9.96. The monoisotopic (exact) mass is 141 g/mol. The molecule has 0 aromatic rings. The number of carbonyl (C=O) groups excluding carboxylic acids is 1.